The van der Waals surface area contributed by atoms with Crippen molar-refractivity contribution in [1.82, 2.24) is 0 Å². The predicted molar refractivity (Wildman–Crippen MR) is 73.1 cm³/mol. The zero-order chi connectivity index (χ0) is 13.2. The largest absolute Gasteiger partial charge is 0.321 e. The molecule has 0 aliphatic rings. The fraction of sp³-hybridized carbons (Fsp3) is 0.200. The van der Waals surface area contributed by atoms with Crippen LogP contribution in [0.15, 0.2) is 48.5 Å². The van der Waals surface area contributed by atoms with Gasteiger partial charge in [0.2, 0.25) is 0 Å². The van der Waals surface area contributed by atoms with Gasteiger partial charge in [-0.2, -0.15) is 0 Å². The van der Waals surface area contributed by atoms with Crippen LogP contribution in [0.5, 0.6) is 0 Å². The van der Waals surface area contributed by atoms with Gasteiger partial charge in [-0.05, 0) is 30.5 Å². The van der Waals surface area contributed by atoms with Crippen molar-refractivity contribution in [3.63, 3.8) is 0 Å². The Bertz CT molecular complexity index is 537. The van der Waals surface area contributed by atoms with Crippen LogP contribution in [-0.4, -0.2) is 0 Å². The second-order valence-corrected chi connectivity index (χ2v) is 5.05. The maximum atomic E-state index is 13.4. The van der Waals surface area contributed by atoms with Crippen LogP contribution in [0.2, 0.25) is 5.02 Å². The molecule has 0 spiro atoms. The predicted octanol–water partition coefficient (Wildman–Crippen LogP) is 3.90. The highest BCUT2D eigenvalue weighted by atomic mass is 35.5. The number of hydrogen-bond acceptors (Lipinski definition) is 1. The van der Waals surface area contributed by atoms with E-state index in [0.717, 1.165) is 11.1 Å². The molecule has 1 atom stereocenters. The standard InChI is InChI=1S/C15H15ClFN/c1-15(18,12-7-3-2-4-8-12)10-11-6-5-9-13(17)14(11)16/h2-9H,10,18H2,1H3. The Hall–Kier alpha value is -1.38. The van der Waals surface area contributed by atoms with Crippen molar-refractivity contribution in [3.8, 4) is 0 Å². The normalized spacial score (nSPS) is 14.2. The lowest BCUT2D eigenvalue weighted by atomic mass is 9.86. The molecule has 0 aliphatic carbocycles. The number of benzene rings is 2. The summed E-state index contributed by atoms with van der Waals surface area (Å²) in [5.74, 6) is -0.405. The van der Waals surface area contributed by atoms with E-state index in [2.05, 4.69) is 0 Å². The molecule has 2 N–H and O–H groups in total. The van der Waals surface area contributed by atoms with Gasteiger partial charge in [0, 0.05) is 5.54 Å². The summed E-state index contributed by atoms with van der Waals surface area (Å²) in [6, 6.07) is 14.6. The van der Waals surface area contributed by atoms with Crippen molar-refractivity contribution in [3.05, 3.63) is 70.5 Å². The summed E-state index contributed by atoms with van der Waals surface area (Å²) >= 11 is 5.96. The summed E-state index contributed by atoms with van der Waals surface area (Å²) in [7, 11) is 0. The summed E-state index contributed by atoms with van der Waals surface area (Å²) in [5, 5.41) is 0.158. The first kappa shape index (κ1) is 13.1. The van der Waals surface area contributed by atoms with Crippen molar-refractivity contribution in [1.29, 1.82) is 0 Å². The zero-order valence-corrected chi connectivity index (χ0v) is 10.9. The summed E-state index contributed by atoms with van der Waals surface area (Å²) in [6.07, 6.45) is 0.494. The maximum Gasteiger partial charge on any atom is 0.142 e. The molecule has 0 aliphatic heterocycles. The van der Waals surface area contributed by atoms with E-state index in [1.165, 1.54) is 6.07 Å². The van der Waals surface area contributed by atoms with Crippen molar-refractivity contribution in [2.24, 2.45) is 5.73 Å². The van der Waals surface area contributed by atoms with Crippen molar-refractivity contribution in [2.45, 2.75) is 18.9 Å². The lowest BCUT2D eigenvalue weighted by Gasteiger charge is -2.26. The molecule has 0 aromatic heterocycles. The average Bonchev–Trinajstić information content (AvgIpc) is 2.36. The van der Waals surface area contributed by atoms with Gasteiger partial charge in [-0.3, -0.25) is 0 Å². The third kappa shape index (κ3) is 2.71. The number of nitrogens with two attached hydrogens (primary N) is 1. The highest BCUT2D eigenvalue weighted by Gasteiger charge is 2.23. The van der Waals surface area contributed by atoms with Crippen LogP contribution in [0.4, 0.5) is 4.39 Å². The zero-order valence-electron chi connectivity index (χ0n) is 10.2. The average molecular weight is 264 g/mol. The molecule has 0 saturated carbocycles. The van der Waals surface area contributed by atoms with Gasteiger partial charge in [0.1, 0.15) is 5.82 Å². The van der Waals surface area contributed by atoms with Crippen molar-refractivity contribution in [2.75, 3.05) is 0 Å². The van der Waals surface area contributed by atoms with E-state index in [1.54, 1.807) is 12.1 Å². The van der Waals surface area contributed by atoms with Crippen LogP contribution in [0, 0.1) is 5.82 Å². The quantitative estimate of drug-likeness (QED) is 0.893. The molecule has 0 fully saturated rings. The molecule has 0 saturated heterocycles. The molecule has 2 aromatic rings. The summed E-state index contributed by atoms with van der Waals surface area (Å²) < 4.78 is 13.4. The second kappa shape index (κ2) is 5.09. The maximum absolute atomic E-state index is 13.4. The molecule has 94 valence electrons. The first-order valence-electron chi connectivity index (χ1n) is 5.78. The van der Waals surface area contributed by atoms with E-state index >= 15 is 0 Å². The van der Waals surface area contributed by atoms with Crippen molar-refractivity contribution >= 4 is 11.6 Å². The Labute approximate surface area is 111 Å². The number of hydrogen-bond donors (Lipinski definition) is 1. The fourth-order valence-corrected chi connectivity index (χ4v) is 2.19. The topological polar surface area (TPSA) is 26.0 Å². The van der Waals surface area contributed by atoms with E-state index in [9.17, 15) is 4.39 Å². The number of rotatable bonds is 3. The Morgan fingerprint density at radius 3 is 2.44 bits per heavy atom. The lowest BCUT2D eigenvalue weighted by molar-refractivity contribution is 0.489. The van der Waals surface area contributed by atoms with E-state index in [4.69, 9.17) is 17.3 Å². The summed E-state index contributed by atoms with van der Waals surface area (Å²) in [5.41, 5.74) is 7.47. The van der Waals surface area contributed by atoms with Crippen LogP contribution in [0.3, 0.4) is 0 Å². The molecule has 0 bridgehead atoms. The molecular formula is C15H15ClFN. The smallest absolute Gasteiger partial charge is 0.142 e. The molecule has 0 amide bonds. The molecule has 3 heteroatoms. The minimum atomic E-state index is -0.571. The van der Waals surface area contributed by atoms with Gasteiger partial charge in [0.25, 0.3) is 0 Å². The monoisotopic (exact) mass is 263 g/mol. The van der Waals surface area contributed by atoms with Crippen LogP contribution >= 0.6 is 11.6 Å². The Morgan fingerprint density at radius 1 is 1.11 bits per heavy atom. The third-order valence-corrected chi connectivity index (χ3v) is 3.45. The van der Waals surface area contributed by atoms with Gasteiger partial charge in [-0.25, -0.2) is 4.39 Å². The van der Waals surface area contributed by atoms with Gasteiger partial charge in [0.15, 0.2) is 0 Å². The van der Waals surface area contributed by atoms with E-state index in [1.807, 2.05) is 37.3 Å². The van der Waals surface area contributed by atoms with Gasteiger partial charge in [-0.1, -0.05) is 54.1 Å². The van der Waals surface area contributed by atoms with Crippen LogP contribution < -0.4 is 5.73 Å². The molecule has 1 nitrogen and oxygen atoms in total. The van der Waals surface area contributed by atoms with Crippen LogP contribution in [0.25, 0.3) is 0 Å². The minimum Gasteiger partial charge on any atom is -0.321 e. The van der Waals surface area contributed by atoms with E-state index in [0.29, 0.717) is 6.42 Å². The highest BCUT2D eigenvalue weighted by Crippen LogP contribution is 2.27. The fourth-order valence-electron chi connectivity index (χ4n) is 2.00. The Balaban J connectivity index is 2.31. The third-order valence-electron chi connectivity index (χ3n) is 3.02. The molecule has 1 unspecified atom stereocenters. The SMILES string of the molecule is CC(N)(Cc1cccc(F)c1Cl)c1ccccc1. The van der Waals surface area contributed by atoms with Crippen molar-refractivity contribution < 1.29 is 4.39 Å². The van der Waals surface area contributed by atoms with E-state index in [-0.39, 0.29) is 5.02 Å². The van der Waals surface area contributed by atoms with Gasteiger partial charge in [-0.15, -0.1) is 0 Å². The van der Waals surface area contributed by atoms with Crippen LogP contribution in [-0.2, 0) is 12.0 Å². The van der Waals surface area contributed by atoms with Gasteiger partial charge >= 0.3 is 0 Å². The second-order valence-electron chi connectivity index (χ2n) is 4.67. The first-order valence-corrected chi connectivity index (χ1v) is 6.16. The molecule has 2 aromatic carbocycles. The number of halogens is 2. The Morgan fingerprint density at radius 2 is 1.78 bits per heavy atom. The summed E-state index contributed by atoms with van der Waals surface area (Å²) in [6.45, 7) is 1.92. The Kier molecular flexibility index (Phi) is 3.69. The molecule has 18 heavy (non-hydrogen) atoms. The molecular weight excluding hydrogens is 249 g/mol. The lowest BCUT2D eigenvalue weighted by Crippen LogP contribution is -2.35. The van der Waals surface area contributed by atoms with Gasteiger partial charge in [0.05, 0.1) is 5.02 Å². The van der Waals surface area contributed by atoms with E-state index < -0.39 is 11.4 Å². The van der Waals surface area contributed by atoms with Crippen LogP contribution in [0.1, 0.15) is 18.1 Å². The molecule has 2 rings (SSSR count). The molecule has 0 heterocycles. The van der Waals surface area contributed by atoms with Gasteiger partial charge < -0.3 is 5.73 Å². The first-order chi connectivity index (χ1) is 8.50. The minimum absolute atomic E-state index is 0.158. The highest BCUT2D eigenvalue weighted by molar-refractivity contribution is 6.31. The molecule has 0 radical (unpaired) electrons. The summed E-state index contributed by atoms with van der Waals surface area (Å²) in [4.78, 5) is 0.